The van der Waals surface area contributed by atoms with Gasteiger partial charge in [-0.05, 0) is 66.6 Å². The molecule has 154 valence electrons. The molecular formula is C22H27N3O2S2. The third-order valence-electron chi connectivity index (χ3n) is 4.86. The fraction of sp³-hybridized carbons (Fsp3) is 0.364. The van der Waals surface area contributed by atoms with E-state index in [1.165, 1.54) is 22.6 Å². The predicted molar refractivity (Wildman–Crippen MR) is 122 cm³/mol. The molecule has 0 bridgehead atoms. The van der Waals surface area contributed by atoms with Crippen LogP contribution in [-0.2, 0) is 11.2 Å². The number of aryl methyl sites for hydroxylation is 1. The lowest BCUT2D eigenvalue weighted by atomic mass is 10.1. The molecule has 29 heavy (non-hydrogen) atoms. The lowest BCUT2D eigenvalue weighted by Crippen LogP contribution is -2.45. The van der Waals surface area contributed by atoms with E-state index in [9.17, 15) is 9.59 Å². The summed E-state index contributed by atoms with van der Waals surface area (Å²) in [5.41, 5.74) is 2.81. The Hall–Kier alpha value is -1.96. The Morgan fingerprint density at radius 2 is 1.83 bits per heavy atom. The van der Waals surface area contributed by atoms with Crippen LogP contribution in [0.2, 0.25) is 0 Å². The van der Waals surface area contributed by atoms with Gasteiger partial charge in [0.1, 0.15) is 0 Å². The van der Waals surface area contributed by atoms with Gasteiger partial charge in [-0.25, -0.2) is 0 Å². The summed E-state index contributed by atoms with van der Waals surface area (Å²) in [7, 11) is 0. The fourth-order valence-corrected chi connectivity index (χ4v) is 4.40. The summed E-state index contributed by atoms with van der Waals surface area (Å²) in [6, 6.07) is 13.4. The highest BCUT2D eigenvalue weighted by molar-refractivity contribution is 7.99. The topological polar surface area (TPSA) is 61.4 Å². The van der Waals surface area contributed by atoms with E-state index >= 15 is 0 Å². The van der Waals surface area contributed by atoms with Gasteiger partial charge in [0.2, 0.25) is 5.91 Å². The summed E-state index contributed by atoms with van der Waals surface area (Å²) < 4.78 is 0. The average Bonchev–Trinajstić information content (AvgIpc) is 2.76. The van der Waals surface area contributed by atoms with Gasteiger partial charge < -0.3 is 15.5 Å². The highest BCUT2D eigenvalue weighted by atomic mass is 32.2. The average molecular weight is 430 g/mol. The van der Waals surface area contributed by atoms with Crippen molar-refractivity contribution in [2.45, 2.75) is 29.6 Å². The zero-order valence-corrected chi connectivity index (χ0v) is 18.3. The smallest absolute Gasteiger partial charge is 0.255 e. The van der Waals surface area contributed by atoms with Crippen LogP contribution >= 0.6 is 24.4 Å². The first-order chi connectivity index (χ1) is 14.0. The van der Waals surface area contributed by atoms with Crippen LogP contribution in [0.1, 0.15) is 29.3 Å². The summed E-state index contributed by atoms with van der Waals surface area (Å²) >= 11 is 6.11. The molecular weight excluding hydrogens is 402 g/mol. The van der Waals surface area contributed by atoms with Crippen LogP contribution in [0.4, 0.5) is 5.69 Å². The Balaban J connectivity index is 0.000000224. The Bertz CT molecular complexity index is 850. The number of amides is 2. The minimum Gasteiger partial charge on any atom is -0.340 e. The number of carbonyl (C=O) groups is 2. The van der Waals surface area contributed by atoms with E-state index in [0.717, 1.165) is 48.7 Å². The van der Waals surface area contributed by atoms with Crippen molar-refractivity contribution in [1.82, 2.24) is 10.2 Å². The first kappa shape index (κ1) is 21.7. The number of nitrogens with one attached hydrogen (secondary N) is 2. The molecule has 1 saturated heterocycles. The van der Waals surface area contributed by atoms with E-state index in [0.29, 0.717) is 0 Å². The molecule has 2 aromatic rings. The van der Waals surface area contributed by atoms with Gasteiger partial charge in [0.15, 0.2) is 0 Å². The number of fused-ring (bicyclic) bond motifs is 1. The maximum atomic E-state index is 12.2. The first-order valence-electron chi connectivity index (χ1n) is 9.85. The van der Waals surface area contributed by atoms with Gasteiger partial charge in [-0.1, -0.05) is 0 Å². The minimum absolute atomic E-state index is 0.0599. The van der Waals surface area contributed by atoms with E-state index in [4.69, 9.17) is 0 Å². The molecule has 2 aliphatic heterocycles. The highest BCUT2D eigenvalue weighted by Crippen LogP contribution is 2.30. The number of hydrogen-bond acceptors (Lipinski definition) is 5. The molecule has 0 spiro atoms. The summed E-state index contributed by atoms with van der Waals surface area (Å²) in [6.45, 7) is 5.25. The van der Waals surface area contributed by atoms with Crippen LogP contribution in [0.15, 0.2) is 52.3 Å². The molecule has 0 unspecified atom stereocenters. The highest BCUT2D eigenvalue weighted by Gasteiger charge is 2.13. The van der Waals surface area contributed by atoms with Crippen molar-refractivity contribution in [2.75, 3.05) is 37.2 Å². The third-order valence-corrected chi connectivity index (χ3v) is 6.36. The molecule has 0 radical (unpaired) electrons. The SMILES string of the molecule is CC(=O)N1CCNCC1.O=C(Nc1ccc(S)cc1)c1ccc2c(c1)CCCS2. The van der Waals surface area contributed by atoms with E-state index in [-0.39, 0.29) is 11.8 Å². The maximum absolute atomic E-state index is 12.2. The van der Waals surface area contributed by atoms with Crippen LogP contribution in [0.25, 0.3) is 0 Å². The second-order valence-corrected chi connectivity index (χ2v) is 8.68. The Morgan fingerprint density at radius 3 is 2.48 bits per heavy atom. The molecule has 2 aliphatic rings. The van der Waals surface area contributed by atoms with E-state index < -0.39 is 0 Å². The predicted octanol–water partition coefficient (Wildman–Crippen LogP) is 3.70. The molecule has 0 aromatic heterocycles. The summed E-state index contributed by atoms with van der Waals surface area (Å²) in [4.78, 5) is 27.0. The molecule has 0 atom stereocenters. The van der Waals surface area contributed by atoms with Crippen molar-refractivity contribution in [3.8, 4) is 0 Å². The second kappa shape index (κ2) is 10.7. The van der Waals surface area contributed by atoms with Crippen molar-refractivity contribution < 1.29 is 9.59 Å². The van der Waals surface area contributed by atoms with Crippen LogP contribution in [0, 0.1) is 0 Å². The molecule has 4 rings (SSSR count). The zero-order valence-electron chi connectivity index (χ0n) is 16.6. The molecule has 1 fully saturated rings. The largest absolute Gasteiger partial charge is 0.340 e. The second-order valence-electron chi connectivity index (χ2n) is 7.03. The molecule has 2 aromatic carbocycles. The van der Waals surface area contributed by atoms with Crippen LogP contribution in [0.3, 0.4) is 0 Å². The van der Waals surface area contributed by atoms with Gasteiger partial charge in [-0.2, -0.15) is 0 Å². The number of piperazine rings is 1. The number of nitrogens with zero attached hydrogens (tertiary/aromatic N) is 1. The van der Waals surface area contributed by atoms with Crippen molar-refractivity contribution >= 4 is 41.9 Å². The maximum Gasteiger partial charge on any atom is 0.255 e. The molecule has 0 aliphatic carbocycles. The van der Waals surface area contributed by atoms with E-state index in [1.807, 2.05) is 53.1 Å². The number of thioether (sulfide) groups is 1. The standard InChI is InChI=1S/C16H15NOS2.C6H12N2O/c18-16(17-13-4-6-14(19)7-5-13)12-3-8-15-11(10-12)2-1-9-20-15;1-6(9)8-4-2-7-3-5-8/h3-8,10,19H,1-2,9H2,(H,17,18);7H,2-5H2,1H3. The van der Waals surface area contributed by atoms with Gasteiger partial charge in [-0.3, -0.25) is 9.59 Å². The molecule has 2 amide bonds. The normalized spacial score (nSPS) is 15.6. The monoisotopic (exact) mass is 429 g/mol. The molecule has 0 saturated carbocycles. The Labute approximate surface area is 182 Å². The third kappa shape index (κ3) is 6.52. The van der Waals surface area contributed by atoms with Gasteiger partial charge in [-0.15, -0.1) is 24.4 Å². The lowest BCUT2D eigenvalue weighted by molar-refractivity contribution is -0.129. The molecule has 2 heterocycles. The summed E-state index contributed by atoms with van der Waals surface area (Å²) in [6.07, 6.45) is 2.25. The van der Waals surface area contributed by atoms with Crippen molar-refractivity contribution in [3.05, 3.63) is 53.6 Å². The number of anilines is 1. The molecule has 5 nitrogen and oxygen atoms in total. The van der Waals surface area contributed by atoms with Crippen LogP contribution in [0.5, 0.6) is 0 Å². The van der Waals surface area contributed by atoms with Gasteiger partial charge in [0.05, 0.1) is 0 Å². The van der Waals surface area contributed by atoms with Crippen molar-refractivity contribution in [2.24, 2.45) is 0 Å². The summed E-state index contributed by atoms with van der Waals surface area (Å²) in [5.74, 6) is 1.31. The van der Waals surface area contributed by atoms with Gasteiger partial charge >= 0.3 is 0 Å². The Kier molecular flexibility index (Phi) is 8.03. The number of carbonyl (C=O) groups excluding carboxylic acids is 2. The fourth-order valence-electron chi connectivity index (χ4n) is 3.23. The zero-order chi connectivity index (χ0) is 20.6. The van der Waals surface area contributed by atoms with Crippen molar-refractivity contribution in [3.63, 3.8) is 0 Å². The lowest BCUT2D eigenvalue weighted by Gasteiger charge is -2.25. The quantitative estimate of drug-likeness (QED) is 0.637. The van der Waals surface area contributed by atoms with Crippen molar-refractivity contribution in [1.29, 1.82) is 0 Å². The van der Waals surface area contributed by atoms with Gasteiger partial charge in [0.25, 0.3) is 5.91 Å². The Morgan fingerprint density at radius 1 is 1.10 bits per heavy atom. The number of rotatable bonds is 2. The van der Waals surface area contributed by atoms with Gasteiger partial charge in [0, 0.05) is 54.1 Å². The van der Waals surface area contributed by atoms with E-state index in [1.54, 1.807) is 6.92 Å². The summed E-state index contributed by atoms with van der Waals surface area (Å²) in [5, 5.41) is 6.09. The van der Waals surface area contributed by atoms with E-state index in [2.05, 4.69) is 29.3 Å². The minimum atomic E-state index is -0.0599. The number of hydrogen-bond donors (Lipinski definition) is 3. The molecule has 7 heteroatoms. The van der Waals surface area contributed by atoms with Crippen LogP contribution in [-0.4, -0.2) is 48.6 Å². The number of benzene rings is 2. The first-order valence-corrected chi connectivity index (χ1v) is 11.3. The van der Waals surface area contributed by atoms with Crippen LogP contribution < -0.4 is 10.6 Å². The molecule has 2 N–H and O–H groups in total. The number of thiol groups is 1.